The molecule has 0 aliphatic carbocycles. The molecule has 0 atom stereocenters. The van der Waals surface area contributed by atoms with Gasteiger partial charge in [0.1, 0.15) is 0 Å². The van der Waals surface area contributed by atoms with Gasteiger partial charge in [-0.1, -0.05) is 62.6 Å². The Kier molecular flexibility index (Phi) is 6.01. The van der Waals surface area contributed by atoms with Crippen LogP contribution in [0.3, 0.4) is 0 Å². The molecular formula is C19H23NO2. The zero-order valence-electron chi connectivity index (χ0n) is 13.0. The normalized spacial score (nSPS) is 10.4. The van der Waals surface area contributed by atoms with Crippen LogP contribution in [0.25, 0.3) is 21.8 Å². The molecule has 2 aromatic carbocycles. The van der Waals surface area contributed by atoms with Crippen LogP contribution in [-0.2, 0) is 11.2 Å². The van der Waals surface area contributed by atoms with E-state index in [1.165, 1.54) is 59.5 Å². The van der Waals surface area contributed by atoms with Crippen molar-refractivity contribution in [1.29, 1.82) is 0 Å². The van der Waals surface area contributed by atoms with Gasteiger partial charge in [-0.3, -0.25) is 4.79 Å². The number of hydrogen-bond acceptors (Lipinski definition) is 1. The van der Waals surface area contributed by atoms with Crippen molar-refractivity contribution in [2.45, 2.75) is 39.0 Å². The first-order valence-corrected chi connectivity index (χ1v) is 7.88. The summed E-state index contributed by atoms with van der Waals surface area (Å²) in [6.07, 6.45) is 6.47. The predicted octanol–water partition coefficient (Wildman–Crippen LogP) is 5.14. The Morgan fingerprint density at radius 2 is 1.73 bits per heavy atom. The Morgan fingerprint density at radius 1 is 1.00 bits per heavy atom. The maximum absolute atomic E-state index is 8.36. The monoisotopic (exact) mass is 297 g/mol. The summed E-state index contributed by atoms with van der Waals surface area (Å²) in [4.78, 5) is 11.9. The molecule has 0 amide bonds. The van der Waals surface area contributed by atoms with Gasteiger partial charge in [0.25, 0.3) is 6.47 Å². The highest BCUT2D eigenvalue weighted by Gasteiger charge is 2.06. The first-order valence-electron chi connectivity index (χ1n) is 7.88. The molecule has 0 bridgehead atoms. The van der Waals surface area contributed by atoms with Crippen LogP contribution in [0.2, 0.25) is 0 Å². The average Bonchev–Trinajstić information content (AvgIpc) is 2.92. The molecule has 3 rings (SSSR count). The van der Waals surface area contributed by atoms with Crippen molar-refractivity contribution >= 4 is 28.3 Å². The number of carboxylic acid groups (broad SMARTS) is 1. The van der Waals surface area contributed by atoms with E-state index >= 15 is 0 Å². The number of carbonyl (C=O) groups is 1. The van der Waals surface area contributed by atoms with E-state index < -0.39 is 0 Å². The van der Waals surface area contributed by atoms with Gasteiger partial charge in [0.2, 0.25) is 0 Å². The summed E-state index contributed by atoms with van der Waals surface area (Å²) in [7, 11) is 0. The first kappa shape index (κ1) is 16.1. The van der Waals surface area contributed by atoms with Crippen LogP contribution in [0, 0.1) is 0 Å². The van der Waals surface area contributed by atoms with E-state index in [9.17, 15) is 0 Å². The topological polar surface area (TPSA) is 53.1 Å². The quantitative estimate of drug-likeness (QED) is 0.506. The number of H-pyrrole nitrogens is 1. The van der Waals surface area contributed by atoms with Gasteiger partial charge < -0.3 is 10.1 Å². The standard InChI is InChI=1S/C18H21N.CH2O2/c1-2-3-4-5-9-14-10-8-12-16-15-11-6-7-13-17(15)19-18(14)16;2-1-3/h6-8,10-13,19H,2-5,9H2,1H3;1H,(H,2,3). The number of para-hydroxylation sites is 2. The van der Waals surface area contributed by atoms with Gasteiger partial charge >= 0.3 is 0 Å². The summed E-state index contributed by atoms with van der Waals surface area (Å²) >= 11 is 0. The van der Waals surface area contributed by atoms with E-state index in [0.29, 0.717) is 0 Å². The Balaban J connectivity index is 0.000000545. The smallest absolute Gasteiger partial charge is 0.290 e. The fourth-order valence-electron chi connectivity index (χ4n) is 2.88. The highest BCUT2D eigenvalue weighted by atomic mass is 16.3. The maximum Gasteiger partial charge on any atom is 0.290 e. The molecule has 0 saturated heterocycles. The van der Waals surface area contributed by atoms with Crippen molar-refractivity contribution in [3.05, 3.63) is 48.0 Å². The van der Waals surface area contributed by atoms with Crippen LogP contribution in [-0.4, -0.2) is 16.6 Å². The molecule has 0 fully saturated rings. The van der Waals surface area contributed by atoms with Gasteiger partial charge in [-0.15, -0.1) is 0 Å². The molecule has 3 heteroatoms. The van der Waals surface area contributed by atoms with E-state index in [2.05, 4.69) is 54.4 Å². The molecule has 22 heavy (non-hydrogen) atoms. The summed E-state index contributed by atoms with van der Waals surface area (Å²) in [6.45, 7) is 2.01. The summed E-state index contributed by atoms with van der Waals surface area (Å²) in [5.41, 5.74) is 4.04. The zero-order chi connectivity index (χ0) is 15.8. The lowest BCUT2D eigenvalue weighted by atomic mass is 10.0. The largest absolute Gasteiger partial charge is 0.483 e. The molecule has 3 nitrogen and oxygen atoms in total. The molecule has 0 unspecified atom stereocenters. The second-order valence-electron chi connectivity index (χ2n) is 5.43. The summed E-state index contributed by atoms with van der Waals surface area (Å²) in [5, 5.41) is 9.59. The third-order valence-electron chi connectivity index (χ3n) is 3.93. The highest BCUT2D eigenvalue weighted by Crippen LogP contribution is 2.28. The van der Waals surface area contributed by atoms with Crippen LogP contribution in [0.4, 0.5) is 0 Å². The molecule has 116 valence electrons. The van der Waals surface area contributed by atoms with Crippen LogP contribution in [0.1, 0.15) is 38.2 Å². The summed E-state index contributed by atoms with van der Waals surface area (Å²) in [6, 6.07) is 15.3. The minimum Gasteiger partial charge on any atom is -0.483 e. The lowest BCUT2D eigenvalue weighted by molar-refractivity contribution is -0.122. The Bertz CT molecular complexity index is 730. The summed E-state index contributed by atoms with van der Waals surface area (Å²) in [5.74, 6) is 0. The number of nitrogens with one attached hydrogen (secondary N) is 1. The molecular weight excluding hydrogens is 274 g/mol. The minimum atomic E-state index is -0.250. The minimum absolute atomic E-state index is 0.250. The third-order valence-corrected chi connectivity index (χ3v) is 3.93. The number of benzene rings is 2. The molecule has 0 spiro atoms. The zero-order valence-corrected chi connectivity index (χ0v) is 13.0. The van der Waals surface area contributed by atoms with Crippen molar-refractivity contribution in [3.63, 3.8) is 0 Å². The lowest BCUT2D eigenvalue weighted by Crippen LogP contribution is -1.87. The second-order valence-corrected chi connectivity index (χ2v) is 5.43. The number of rotatable bonds is 5. The highest BCUT2D eigenvalue weighted by molar-refractivity contribution is 6.08. The van der Waals surface area contributed by atoms with E-state index in [1.54, 1.807) is 0 Å². The molecule has 0 saturated carbocycles. The van der Waals surface area contributed by atoms with Gasteiger partial charge in [-0.25, -0.2) is 0 Å². The van der Waals surface area contributed by atoms with Crippen molar-refractivity contribution in [3.8, 4) is 0 Å². The van der Waals surface area contributed by atoms with Crippen molar-refractivity contribution in [2.75, 3.05) is 0 Å². The fourth-order valence-corrected chi connectivity index (χ4v) is 2.88. The maximum atomic E-state index is 8.36. The molecule has 2 N–H and O–H groups in total. The predicted molar refractivity (Wildman–Crippen MR) is 92.3 cm³/mol. The lowest BCUT2D eigenvalue weighted by Gasteiger charge is -2.03. The third kappa shape index (κ3) is 3.67. The fraction of sp³-hybridized carbons (Fsp3) is 0.316. The number of unbranched alkanes of at least 4 members (excludes halogenated alkanes) is 3. The molecule has 0 radical (unpaired) electrons. The van der Waals surface area contributed by atoms with E-state index in [1.807, 2.05) is 0 Å². The number of hydrogen-bond donors (Lipinski definition) is 2. The van der Waals surface area contributed by atoms with E-state index in [4.69, 9.17) is 9.90 Å². The Morgan fingerprint density at radius 3 is 2.50 bits per heavy atom. The molecule has 0 aliphatic heterocycles. The van der Waals surface area contributed by atoms with E-state index in [0.717, 1.165) is 0 Å². The van der Waals surface area contributed by atoms with Gasteiger partial charge in [-0.05, 0) is 24.5 Å². The van der Waals surface area contributed by atoms with Gasteiger partial charge in [0, 0.05) is 21.8 Å². The SMILES string of the molecule is CCCCCCc1cccc2c1[nH]c1ccccc12.O=CO. The van der Waals surface area contributed by atoms with E-state index in [-0.39, 0.29) is 6.47 Å². The molecule has 3 aromatic rings. The first-order chi connectivity index (χ1) is 10.8. The number of aromatic nitrogens is 1. The molecule has 1 aromatic heterocycles. The van der Waals surface area contributed by atoms with Crippen molar-refractivity contribution in [1.82, 2.24) is 4.98 Å². The van der Waals surface area contributed by atoms with Crippen LogP contribution in [0.15, 0.2) is 42.5 Å². The van der Waals surface area contributed by atoms with Gasteiger partial charge in [0.05, 0.1) is 0 Å². The van der Waals surface area contributed by atoms with Crippen LogP contribution < -0.4 is 0 Å². The number of fused-ring (bicyclic) bond motifs is 3. The molecule has 0 aliphatic rings. The van der Waals surface area contributed by atoms with Crippen LogP contribution in [0.5, 0.6) is 0 Å². The Labute approximate surface area is 131 Å². The Hall–Kier alpha value is -2.29. The summed E-state index contributed by atoms with van der Waals surface area (Å²) < 4.78 is 0. The van der Waals surface area contributed by atoms with Crippen LogP contribution >= 0.6 is 0 Å². The van der Waals surface area contributed by atoms with Gasteiger partial charge in [-0.2, -0.15) is 0 Å². The number of aryl methyl sites for hydroxylation is 1. The van der Waals surface area contributed by atoms with Crippen molar-refractivity contribution in [2.24, 2.45) is 0 Å². The second kappa shape index (κ2) is 8.23. The van der Waals surface area contributed by atoms with Gasteiger partial charge in [0.15, 0.2) is 0 Å². The number of aromatic amines is 1. The van der Waals surface area contributed by atoms with Crippen molar-refractivity contribution < 1.29 is 9.90 Å². The molecule has 1 heterocycles. The average molecular weight is 297 g/mol.